The van der Waals surface area contributed by atoms with Gasteiger partial charge in [-0.05, 0) is 37.0 Å². The zero-order valence-corrected chi connectivity index (χ0v) is 11.8. The summed E-state index contributed by atoms with van der Waals surface area (Å²) in [6.45, 7) is 2.18. The molecular formula is C16H20N2O2. The molecule has 1 aromatic rings. The lowest BCUT2D eigenvalue weighted by molar-refractivity contribution is 0.0520. The molecule has 106 valence electrons. The van der Waals surface area contributed by atoms with E-state index in [1.807, 2.05) is 0 Å². The highest BCUT2D eigenvalue weighted by atomic mass is 16.2. The first-order valence-corrected chi connectivity index (χ1v) is 7.39. The number of carbonyl (C=O) groups excluding carboxylic acids is 2. The van der Waals surface area contributed by atoms with Gasteiger partial charge >= 0.3 is 0 Å². The van der Waals surface area contributed by atoms with Crippen molar-refractivity contribution in [2.75, 3.05) is 5.73 Å². The van der Waals surface area contributed by atoms with E-state index in [2.05, 4.69) is 6.92 Å². The maximum Gasteiger partial charge on any atom is 0.261 e. The Morgan fingerprint density at radius 3 is 2.70 bits per heavy atom. The maximum atomic E-state index is 12.5. The number of carbonyl (C=O) groups is 2. The first kappa shape index (κ1) is 13.2. The van der Waals surface area contributed by atoms with Gasteiger partial charge in [0.2, 0.25) is 0 Å². The van der Waals surface area contributed by atoms with Gasteiger partial charge < -0.3 is 5.73 Å². The van der Waals surface area contributed by atoms with Crippen molar-refractivity contribution in [3.8, 4) is 0 Å². The molecule has 20 heavy (non-hydrogen) atoms. The number of nitrogen functional groups attached to an aromatic ring is 1. The number of imide groups is 1. The average Bonchev–Trinajstić information content (AvgIpc) is 2.70. The molecule has 1 aliphatic heterocycles. The van der Waals surface area contributed by atoms with Gasteiger partial charge in [-0.15, -0.1) is 0 Å². The van der Waals surface area contributed by atoms with E-state index in [1.165, 1.54) is 11.3 Å². The van der Waals surface area contributed by atoms with Crippen molar-refractivity contribution < 1.29 is 9.59 Å². The first-order chi connectivity index (χ1) is 9.61. The number of nitrogens with two attached hydrogens (primary N) is 1. The van der Waals surface area contributed by atoms with Gasteiger partial charge in [0, 0.05) is 11.7 Å². The van der Waals surface area contributed by atoms with Crippen LogP contribution >= 0.6 is 0 Å². The number of amides is 2. The van der Waals surface area contributed by atoms with Crippen molar-refractivity contribution >= 4 is 17.5 Å². The third-order valence-electron chi connectivity index (χ3n) is 4.64. The molecule has 0 radical (unpaired) electrons. The molecule has 2 amide bonds. The van der Waals surface area contributed by atoms with Crippen LogP contribution in [0.25, 0.3) is 0 Å². The Balaban J connectivity index is 1.89. The van der Waals surface area contributed by atoms with E-state index in [9.17, 15) is 9.59 Å². The van der Waals surface area contributed by atoms with Crippen LogP contribution in [0, 0.1) is 5.92 Å². The van der Waals surface area contributed by atoms with E-state index >= 15 is 0 Å². The van der Waals surface area contributed by atoms with Crippen LogP contribution < -0.4 is 5.73 Å². The molecule has 1 heterocycles. The molecule has 2 atom stereocenters. The lowest BCUT2D eigenvalue weighted by Gasteiger charge is -2.33. The van der Waals surface area contributed by atoms with E-state index in [4.69, 9.17) is 5.73 Å². The Labute approximate surface area is 118 Å². The van der Waals surface area contributed by atoms with Crippen molar-refractivity contribution in [1.82, 2.24) is 4.90 Å². The fraction of sp³-hybridized carbons (Fsp3) is 0.500. The van der Waals surface area contributed by atoms with Crippen LogP contribution in [0.5, 0.6) is 0 Å². The number of nitrogens with zero attached hydrogens (tertiary/aromatic N) is 1. The molecule has 0 spiro atoms. The molecule has 2 N–H and O–H groups in total. The third kappa shape index (κ3) is 1.99. The highest BCUT2D eigenvalue weighted by Gasteiger charge is 2.41. The van der Waals surface area contributed by atoms with Gasteiger partial charge in [0.05, 0.1) is 11.1 Å². The van der Waals surface area contributed by atoms with Crippen LogP contribution in [-0.2, 0) is 0 Å². The quantitative estimate of drug-likeness (QED) is 0.665. The van der Waals surface area contributed by atoms with Crippen LogP contribution in [-0.4, -0.2) is 22.8 Å². The Morgan fingerprint density at radius 1 is 1.20 bits per heavy atom. The molecule has 0 saturated heterocycles. The summed E-state index contributed by atoms with van der Waals surface area (Å²) in [5.41, 5.74) is 7.22. The molecule has 0 bridgehead atoms. The number of anilines is 1. The zero-order valence-electron chi connectivity index (χ0n) is 11.8. The second-order valence-corrected chi connectivity index (χ2v) is 5.88. The molecular weight excluding hydrogens is 252 g/mol. The maximum absolute atomic E-state index is 12.5. The van der Waals surface area contributed by atoms with Crippen molar-refractivity contribution in [1.29, 1.82) is 0 Å². The molecule has 2 unspecified atom stereocenters. The molecule has 4 nitrogen and oxygen atoms in total. The molecule has 1 aliphatic carbocycles. The number of benzene rings is 1. The summed E-state index contributed by atoms with van der Waals surface area (Å²) in [4.78, 5) is 26.5. The van der Waals surface area contributed by atoms with Crippen LogP contribution in [0.2, 0.25) is 0 Å². The van der Waals surface area contributed by atoms with Crippen LogP contribution in [0.1, 0.15) is 59.7 Å². The summed E-state index contributed by atoms with van der Waals surface area (Å²) < 4.78 is 0. The van der Waals surface area contributed by atoms with Gasteiger partial charge in [0.15, 0.2) is 0 Å². The number of rotatable bonds is 2. The van der Waals surface area contributed by atoms with Gasteiger partial charge in [-0.1, -0.05) is 26.2 Å². The summed E-state index contributed by atoms with van der Waals surface area (Å²) in [5.74, 6) is 0.314. The predicted molar refractivity (Wildman–Crippen MR) is 77.4 cm³/mol. The molecule has 1 fully saturated rings. The van der Waals surface area contributed by atoms with Crippen molar-refractivity contribution in [2.24, 2.45) is 5.92 Å². The molecule has 3 rings (SSSR count). The van der Waals surface area contributed by atoms with Crippen molar-refractivity contribution in [3.05, 3.63) is 29.3 Å². The number of hydrogen-bond donors (Lipinski definition) is 1. The minimum Gasteiger partial charge on any atom is -0.399 e. The third-order valence-corrected chi connectivity index (χ3v) is 4.64. The first-order valence-electron chi connectivity index (χ1n) is 7.39. The van der Waals surface area contributed by atoms with Gasteiger partial charge in [0.25, 0.3) is 11.8 Å². The predicted octanol–water partition coefficient (Wildman–Crippen LogP) is 2.83. The monoisotopic (exact) mass is 272 g/mol. The van der Waals surface area contributed by atoms with Gasteiger partial charge in [-0.25, -0.2) is 0 Å². The van der Waals surface area contributed by atoms with Gasteiger partial charge in [-0.2, -0.15) is 0 Å². The molecule has 4 heteroatoms. The minimum atomic E-state index is -0.168. The standard InChI is InChI=1S/C16H20N2O2/c1-2-10-4-3-5-12(8-10)18-15(19)13-7-6-11(17)9-14(13)16(18)20/h6-7,9-10,12H,2-5,8,17H2,1H3. The van der Waals surface area contributed by atoms with E-state index in [0.29, 0.717) is 22.7 Å². The number of hydrogen-bond acceptors (Lipinski definition) is 3. The largest absolute Gasteiger partial charge is 0.399 e. The fourth-order valence-corrected chi connectivity index (χ4v) is 3.48. The minimum absolute atomic E-state index is 0.0577. The summed E-state index contributed by atoms with van der Waals surface area (Å²) in [7, 11) is 0. The van der Waals surface area contributed by atoms with E-state index in [-0.39, 0.29) is 17.9 Å². The molecule has 1 aromatic carbocycles. The SMILES string of the molecule is CCC1CCCC(N2C(=O)c3ccc(N)cc3C2=O)C1. The normalized spacial score (nSPS) is 25.9. The summed E-state index contributed by atoms with van der Waals surface area (Å²) >= 11 is 0. The molecule has 2 aliphatic rings. The Hall–Kier alpha value is -1.84. The van der Waals surface area contributed by atoms with E-state index in [0.717, 1.165) is 25.7 Å². The topological polar surface area (TPSA) is 63.4 Å². The lowest BCUT2D eigenvalue weighted by atomic mass is 9.83. The lowest BCUT2D eigenvalue weighted by Crippen LogP contribution is -2.42. The van der Waals surface area contributed by atoms with Crippen molar-refractivity contribution in [2.45, 2.75) is 45.1 Å². The highest BCUT2D eigenvalue weighted by Crippen LogP contribution is 2.34. The summed E-state index contributed by atoms with van der Waals surface area (Å²) in [6, 6.07) is 5.03. The second kappa shape index (κ2) is 4.93. The van der Waals surface area contributed by atoms with Crippen LogP contribution in [0.15, 0.2) is 18.2 Å². The van der Waals surface area contributed by atoms with E-state index < -0.39 is 0 Å². The Morgan fingerprint density at radius 2 is 1.95 bits per heavy atom. The van der Waals surface area contributed by atoms with E-state index in [1.54, 1.807) is 18.2 Å². The van der Waals surface area contributed by atoms with Gasteiger partial charge in [-0.3, -0.25) is 14.5 Å². The summed E-state index contributed by atoms with van der Waals surface area (Å²) in [6.07, 6.45) is 5.29. The highest BCUT2D eigenvalue weighted by molar-refractivity contribution is 6.21. The van der Waals surface area contributed by atoms with Crippen LogP contribution in [0.3, 0.4) is 0 Å². The average molecular weight is 272 g/mol. The van der Waals surface area contributed by atoms with Gasteiger partial charge in [0.1, 0.15) is 0 Å². The van der Waals surface area contributed by atoms with Crippen molar-refractivity contribution in [3.63, 3.8) is 0 Å². The molecule has 0 aromatic heterocycles. The Kier molecular flexibility index (Phi) is 3.24. The fourth-order valence-electron chi connectivity index (χ4n) is 3.48. The Bertz CT molecular complexity index is 568. The molecule has 1 saturated carbocycles. The smallest absolute Gasteiger partial charge is 0.261 e. The second-order valence-electron chi connectivity index (χ2n) is 5.88. The van der Waals surface area contributed by atoms with Crippen LogP contribution in [0.4, 0.5) is 5.69 Å². The summed E-state index contributed by atoms with van der Waals surface area (Å²) in [5, 5.41) is 0. The zero-order chi connectivity index (χ0) is 14.3. The number of fused-ring (bicyclic) bond motifs is 1.